The van der Waals surface area contributed by atoms with E-state index < -0.39 is 0 Å². The summed E-state index contributed by atoms with van der Waals surface area (Å²) in [5, 5.41) is 9.36. The van der Waals surface area contributed by atoms with Crippen molar-refractivity contribution >= 4 is 0 Å². The SMILES string of the molecule is CC[C@@H](c1ccc(F)cc1)n1nn[nH]c1=O. The molecule has 0 saturated heterocycles. The van der Waals surface area contributed by atoms with Crippen molar-refractivity contribution in [1.29, 1.82) is 0 Å². The molecule has 0 radical (unpaired) electrons. The number of nitrogens with one attached hydrogen (secondary N) is 1. The Kier molecular flexibility index (Phi) is 2.80. The first-order valence-corrected chi connectivity index (χ1v) is 4.97. The summed E-state index contributed by atoms with van der Waals surface area (Å²) >= 11 is 0. The number of tetrazole rings is 1. The van der Waals surface area contributed by atoms with Gasteiger partial charge < -0.3 is 0 Å². The molecule has 1 atom stereocenters. The van der Waals surface area contributed by atoms with Crippen LogP contribution in [-0.2, 0) is 0 Å². The second kappa shape index (κ2) is 4.26. The van der Waals surface area contributed by atoms with Gasteiger partial charge in [0, 0.05) is 0 Å². The predicted octanol–water partition coefficient (Wildman–Crippen LogP) is 1.10. The third-order valence-corrected chi connectivity index (χ3v) is 2.43. The van der Waals surface area contributed by atoms with Crippen molar-refractivity contribution in [2.24, 2.45) is 0 Å². The number of halogens is 1. The molecule has 2 aromatic rings. The van der Waals surface area contributed by atoms with E-state index in [1.165, 1.54) is 16.8 Å². The molecule has 0 saturated carbocycles. The number of aromatic amines is 1. The smallest absolute Gasteiger partial charge is 0.244 e. The van der Waals surface area contributed by atoms with Gasteiger partial charge in [0.1, 0.15) is 5.82 Å². The molecule has 1 aromatic carbocycles. The lowest BCUT2D eigenvalue weighted by atomic mass is 10.1. The molecular weight excluding hydrogens is 211 g/mol. The minimum absolute atomic E-state index is 0.216. The number of benzene rings is 1. The first-order valence-electron chi connectivity index (χ1n) is 4.97. The van der Waals surface area contributed by atoms with Crippen molar-refractivity contribution in [3.8, 4) is 0 Å². The number of nitrogens with zero attached hydrogens (tertiary/aromatic N) is 3. The highest BCUT2D eigenvalue weighted by molar-refractivity contribution is 5.20. The second-order valence-corrected chi connectivity index (χ2v) is 3.43. The fraction of sp³-hybridized carbons (Fsp3) is 0.300. The summed E-state index contributed by atoms with van der Waals surface area (Å²) in [6, 6.07) is 5.80. The molecule has 2 rings (SSSR count). The van der Waals surface area contributed by atoms with Crippen LogP contribution in [0.25, 0.3) is 0 Å². The number of rotatable bonds is 3. The number of H-pyrrole nitrogens is 1. The first kappa shape index (κ1) is 10.5. The molecule has 0 unspecified atom stereocenters. The van der Waals surface area contributed by atoms with E-state index in [2.05, 4.69) is 15.5 Å². The minimum atomic E-state index is -0.365. The molecule has 16 heavy (non-hydrogen) atoms. The molecule has 0 bridgehead atoms. The summed E-state index contributed by atoms with van der Waals surface area (Å²) in [6.07, 6.45) is 0.679. The Bertz CT molecular complexity index is 516. The van der Waals surface area contributed by atoms with Gasteiger partial charge in [0.05, 0.1) is 6.04 Å². The molecule has 6 heteroatoms. The zero-order valence-electron chi connectivity index (χ0n) is 8.72. The molecule has 0 fully saturated rings. The number of hydrogen-bond acceptors (Lipinski definition) is 3. The van der Waals surface area contributed by atoms with Crippen molar-refractivity contribution in [2.75, 3.05) is 0 Å². The highest BCUT2D eigenvalue weighted by atomic mass is 19.1. The summed E-state index contributed by atoms with van der Waals surface area (Å²) in [7, 11) is 0. The minimum Gasteiger partial charge on any atom is -0.244 e. The van der Waals surface area contributed by atoms with Crippen LogP contribution in [0.2, 0.25) is 0 Å². The standard InChI is InChI=1S/C10H11FN4O/c1-2-9(15-10(16)12-13-14-15)7-3-5-8(11)6-4-7/h3-6,9H,2H2,1H3,(H,12,14,16)/t9-/m0/s1. The lowest BCUT2D eigenvalue weighted by Gasteiger charge is -2.13. The second-order valence-electron chi connectivity index (χ2n) is 3.43. The zero-order valence-corrected chi connectivity index (χ0v) is 8.72. The van der Waals surface area contributed by atoms with Gasteiger partial charge in [-0.15, -0.1) is 0 Å². The molecule has 0 aliphatic rings. The van der Waals surface area contributed by atoms with Gasteiger partial charge in [-0.3, -0.25) is 0 Å². The molecule has 0 spiro atoms. The van der Waals surface area contributed by atoms with Crippen LogP contribution in [0.4, 0.5) is 4.39 Å². The maximum Gasteiger partial charge on any atom is 0.361 e. The quantitative estimate of drug-likeness (QED) is 0.845. The zero-order chi connectivity index (χ0) is 11.5. The number of hydrogen-bond donors (Lipinski definition) is 1. The van der Waals surface area contributed by atoms with Gasteiger partial charge in [0.2, 0.25) is 0 Å². The van der Waals surface area contributed by atoms with E-state index in [4.69, 9.17) is 0 Å². The predicted molar refractivity (Wildman–Crippen MR) is 55.5 cm³/mol. The van der Waals surface area contributed by atoms with Gasteiger partial charge in [-0.2, -0.15) is 4.68 Å². The van der Waals surface area contributed by atoms with Crippen LogP contribution < -0.4 is 5.69 Å². The lowest BCUT2D eigenvalue weighted by molar-refractivity contribution is 0.480. The fourth-order valence-corrected chi connectivity index (χ4v) is 1.64. The van der Waals surface area contributed by atoms with E-state index >= 15 is 0 Å². The van der Waals surface area contributed by atoms with Crippen molar-refractivity contribution in [3.05, 3.63) is 46.1 Å². The highest BCUT2D eigenvalue weighted by Gasteiger charge is 2.15. The third-order valence-electron chi connectivity index (χ3n) is 2.43. The van der Waals surface area contributed by atoms with Gasteiger partial charge in [0.25, 0.3) is 0 Å². The summed E-state index contributed by atoms with van der Waals surface area (Å²) in [5.74, 6) is -0.300. The topological polar surface area (TPSA) is 63.6 Å². The Labute approximate surface area is 90.9 Å². The van der Waals surface area contributed by atoms with Crippen LogP contribution in [0.5, 0.6) is 0 Å². The van der Waals surface area contributed by atoms with Crippen LogP contribution in [-0.4, -0.2) is 20.2 Å². The van der Waals surface area contributed by atoms with Crippen LogP contribution in [0.15, 0.2) is 29.1 Å². The molecule has 1 heterocycles. The number of aromatic nitrogens is 4. The lowest BCUT2D eigenvalue weighted by Crippen LogP contribution is -2.24. The van der Waals surface area contributed by atoms with Crippen molar-refractivity contribution < 1.29 is 4.39 Å². The average molecular weight is 222 g/mol. The van der Waals surface area contributed by atoms with Gasteiger partial charge in [0.15, 0.2) is 0 Å². The van der Waals surface area contributed by atoms with Crippen molar-refractivity contribution in [2.45, 2.75) is 19.4 Å². The van der Waals surface area contributed by atoms with Crippen LogP contribution in [0.3, 0.4) is 0 Å². The van der Waals surface area contributed by atoms with E-state index in [-0.39, 0.29) is 17.5 Å². The van der Waals surface area contributed by atoms with E-state index in [0.29, 0.717) is 6.42 Å². The molecule has 5 nitrogen and oxygen atoms in total. The van der Waals surface area contributed by atoms with E-state index in [9.17, 15) is 9.18 Å². The Balaban J connectivity index is 2.40. The molecule has 1 aromatic heterocycles. The van der Waals surface area contributed by atoms with E-state index in [0.717, 1.165) is 5.56 Å². The third kappa shape index (κ3) is 1.86. The van der Waals surface area contributed by atoms with Gasteiger partial charge in [-0.25, -0.2) is 14.3 Å². The maximum absolute atomic E-state index is 12.8. The first-order chi connectivity index (χ1) is 7.72. The highest BCUT2D eigenvalue weighted by Crippen LogP contribution is 2.19. The normalized spacial score (nSPS) is 12.6. The maximum atomic E-state index is 12.8. The summed E-state index contributed by atoms with van der Waals surface area (Å²) in [6.45, 7) is 1.93. The van der Waals surface area contributed by atoms with Crippen molar-refractivity contribution in [1.82, 2.24) is 20.2 Å². The van der Waals surface area contributed by atoms with Gasteiger partial charge in [-0.1, -0.05) is 19.1 Å². The Morgan fingerprint density at radius 2 is 2.12 bits per heavy atom. The largest absolute Gasteiger partial charge is 0.361 e. The molecule has 0 amide bonds. The molecule has 1 N–H and O–H groups in total. The van der Waals surface area contributed by atoms with Gasteiger partial charge in [-0.05, 0) is 34.5 Å². The Hall–Kier alpha value is -1.98. The van der Waals surface area contributed by atoms with Crippen LogP contribution in [0, 0.1) is 5.82 Å². The molecule has 84 valence electrons. The summed E-state index contributed by atoms with van der Waals surface area (Å²) in [5.41, 5.74) is 0.469. The molecular formula is C10H11FN4O. The fourth-order valence-electron chi connectivity index (χ4n) is 1.64. The summed E-state index contributed by atoms with van der Waals surface area (Å²) in [4.78, 5) is 11.4. The Morgan fingerprint density at radius 3 is 2.62 bits per heavy atom. The average Bonchev–Trinajstić information content (AvgIpc) is 2.69. The monoisotopic (exact) mass is 222 g/mol. The van der Waals surface area contributed by atoms with E-state index in [1.807, 2.05) is 6.92 Å². The molecule has 0 aliphatic heterocycles. The van der Waals surface area contributed by atoms with Gasteiger partial charge >= 0.3 is 5.69 Å². The Morgan fingerprint density at radius 1 is 1.44 bits per heavy atom. The van der Waals surface area contributed by atoms with E-state index in [1.54, 1.807) is 12.1 Å². The van der Waals surface area contributed by atoms with Crippen molar-refractivity contribution in [3.63, 3.8) is 0 Å². The molecule has 0 aliphatic carbocycles. The van der Waals surface area contributed by atoms with Crippen LogP contribution >= 0.6 is 0 Å². The summed E-state index contributed by atoms with van der Waals surface area (Å²) < 4.78 is 14.0. The van der Waals surface area contributed by atoms with Crippen LogP contribution in [0.1, 0.15) is 24.9 Å².